The van der Waals surface area contributed by atoms with Crippen molar-refractivity contribution in [3.63, 3.8) is 0 Å². The van der Waals surface area contributed by atoms with Gasteiger partial charge in [0.2, 0.25) is 0 Å². The van der Waals surface area contributed by atoms with Gasteiger partial charge in [0.1, 0.15) is 5.15 Å². The highest BCUT2D eigenvalue weighted by molar-refractivity contribution is 6.30. The van der Waals surface area contributed by atoms with Gasteiger partial charge in [0.15, 0.2) is 0 Å². The Morgan fingerprint density at radius 2 is 2.19 bits per heavy atom. The van der Waals surface area contributed by atoms with Crippen LogP contribution < -0.4 is 0 Å². The predicted molar refractivity (Wildman–Crippen MR) is 86.6 cm³/mol. The summed E-state index contributed by atoms with van der Waals surface area (Å²) >= 11 is 6.36. The first kappa shape index (κ1) is 14.8. The normalized spacial score (nSPS) is 23.0. The summed E-state index contributed by atoms with van der Waals surface area (Å²) in [6, 6.07) is 8.60. The van der Waals surface area contributed by atoms with Crippen molar-refractivity contribution in [2.75, 3.05) is 13.2 Å². The Bertz CT molecular complexity index is 659. The minimum atomic E-state index is 0.207. The van der Waals surface area contributed by atoms with Gasteiger partial charge in [0, 0.05) is 23.5 Å². The molecule has 4 heteroatoms. The molecule has 2 unspecified atom stereocenters. The Morgan fingerprint density at radius 3 is 2.95 bits per heavy atom. The highest BCUT2D eigenvalue weighted by Gasteiger charge is 2.30. The molecule has 1 aromatic carbocycles. The Labute approximate surface area is 130 Å². The van der Waals surface area contributed by atoms with Gasteiger partial charge in [-0.1, -0.05) is 30.7 Å². The maximum atomic E-state index is 9.57. The van der Waals surface area contributed by atoms with Crippen LogP contribution in [-0.4, -0.2) is 34.2 Å². The number of likely N-dealkylation sites (tertiary alicyclic amines) is 1. The summed E-state index contributed by atoms with van der Waals surface area (Å²) in [7, 11) is 0. The molecule has 21 heavy (non-hydrogen) atoms. The molecule has 2 heterocycles. The average molecular weight is 305 g/mol. The van der Waals surface area contributed by atoms with Crippen LogP contribution in [0.25, 0.3) is 10.9 Å². The largest absolute Gasteiger partial charge is 0.395 e. The average Bonchev–Trinajstić information content (AvgIpc) is 2.80. The lowest BCUT2D eigenvalue weighted by atomic mass is 10.0. The number of rotatable bonds is 3. The fraction of sp³-hybridized carbons (Fsp3) is 0.471. The van der Waals surface area contributed by atoms with Crippen molar-refractivity contribution in [1.82, 2.24) is 9.88 Å². The van der Waals surface area contributed by atoms with Gasteiger partial charge in [0.05, 0.1) is 12.1 Å². The second-order valence-corrected chi connectivity index (χ2v) is 6.48. The van der Waals surface area contributed by atoms with Crippen molar-refractivity contribution >= 4 is 22.5 Å². The molecule has 1 fully saturated rings. The molecule has 1 N–H and O–H groups in total. The molecule has 112 valence electrons. The molecule has 2 atom stereocenters. The maximum Gasteiger partial charge on any atom is 0.134 e. The SMILES string of the molecule is Cc1ccc2cc(CN3CCC(C)C3CO)c(Cl)nc2c1. The lowest BCUT2D eigenvalue weighted by Gasteiger charge is -2.25. The zero-order valence-corrected chi connectivity index (χ0v) is 13.3. The van der Waals surface area contributed by atoms with E-state index in [-0.39, 0.29) is 12.6 Å². The topological polar surface area (TPSA) is 36.4 Å². The summed E-state index contributed by atoms with van der Waals surface area (Å²) in [4.78, 5) is 6.84. The van der Waals surface area contributed by atoms with Crippen LogP contribution in [0.5, 0.6) is 0 Å². The van der Waals surface area contributed by atoms with Crippen molar-refractivity contribution < 1.29 is 5.11 Å². The van der Waals surface area contributed by atoms with Crippen LogP contribution in [-0.2, 0) is 6.54 Å². The van der Waals surface area contributed by atoms with Crippen molar-refractivity contribution in [3.05, 3.63) is 40.5 Å². The number of fused-ring (bicyclic) bond motifs is 1. The summed E-state index contributed by atoms with van der Waals surface area (Å²) in [6.45, 7) is 6.23. The quantitative estimate of drug-likeness (QED) is 0.883. The first-order chi connectivity index (χ1) is 10.1. The van der Waals surface area contributed by atoms with E-state index < -0.39 is 0 Å². The van der Waals surface area contributed by atoms with Gasteiger partial charge >= 0.3 is 0 Å². The van der Waals surface area contributed by atoms with Gasteiger partial charge in [-0.2, -0.15) is 0 Å². The number of halogens is 1. The fourth-order valence-corrected chi connectivity index (χ4v) is 3.41. The van der Waals surface area contributed by atoms with E-state index >= 15 is 0 Å². The molecule has 0 radical (unpaired) electrons. The van der Waals surface area contributed by atoms with Crippen LogP contribution in [0.4, 0.5) is 0 Å². The summed E-state index contributed by atoms with van der Waals surface area (Å²) in [5.41, 5.74) is 3.17. The molecule has 2 aromatic rings. The third-order valence-electron chi connectivity index (χ3n) is 4.56. The molecule has 3 rings (SSSR count). The van der Waals surface area contributed by atoms with Crippen LogP contribution in [0.15, 0.2) is 24.3 Å². The van der Waals surface area contributed by atoms with E-state index in [1.165, 1.54) is 5.56 Å². The second kappa shape index (κ2) is 5.91. The van der Waals surface area contributed by atoms with Gasteiger partial charge in [0.25, 0.3) is 0 Å². The van der Waals surface area contributed by atoms with E-state index in [2.05, 4.69) is 48.0 Å². The number of pyridine rings is 1. The number of aromatic nitrogens is 1. The predicted octanol–water partition coefficient (Wildman–Crippen LogP) is 3.40. The van der Waals surface area contributed by atoms with Gasteiger partial charge in [-0.25, -0.2) is 4.98 Å². The molecular formula is C17H21ClN2O. The van der Waals surface area contributed by atoms with Gasteiger partial charge < -0.3 is 5.11 Å². The van der Waals surface area contributed by atoms with E-state index in [1.807, 2.05) is 0 Å². The number of benzene rings is 1. The number of hydrogen-bond acceptors (Lipinski definition) is 3. The van der Waals surface area contributed by atoms with Crippen LogP contribution in [0.2, 0.25) is 5.15 Å². The molecule has 1 saturated heterocycles. The van der Waals surface area contributed by atoms with E-state index in [1.54, 1.807) is 0 Å². The zero-order valence-electron chi connectivity index (χ0n) is 12.5. The van der Waals surface area contributed by atoms with Gasteiger partial charge in [-0.15, -0.1) is 0 Å². The highest BCUT2D eigenvalue weighted by Crippen LogP contribution is 2.28. The molecule has 1 aliphatic heterocycles. The third-order valence-corrected chi connectivity index (χ3v) is 4.88. The Kier molecular flexibility index (Phi) is 4.16. The second-order valence-electron chi connectivity index (χ2n) is 6.12. The molecule has 0 saturated carbocycles. The van der Waals surface area contributed by atoms with Crippen LogP contribution in [0, 0.1) is 12.8 Å². The van der Waals surface area contributed by atoms with E-state index in [0.29, 0.717) is 11.1 Å². The number of aliphatic hydroxyl groups is 1. The molecule has 1 aromatic heterocycles. The molecular weight excluding hydrogens is 284 g/mol. The number of hydrogen-bond donors (Lipinski definition) is 1. The Balaban J connectivity index is 1.90. The summed E-state index contributed by atoms with van der Waals surface area (Å²) in [6.07, 6.45) is 1.13. The minimum Gasteiger partial charge on any atom is -0.395 e. The van der Waals surface area contributed by atoms with Crippen LogP contribution in [0.3, 0.4) is 0 Å². The Morgan fingerprint density at radius 1 is 1.38 bits per heavy atom. The van der Waals surface area contributed by atoms with Crippen LogP contribution in [0.1, 0.15) is 24.5 Å². The molecule has 0 amide bonds. The number of aliphatic hydroxyl groups excluding tert-OH is 1. The van der Waals surface area contributed by atoms with Crippen molar-refractivity contribution in [1.29, 1.82) is 0 Å². The molecule has 0 spiro atoms. The fourth-order valence-electron chi connectivity index (χ4n) is 3.21. The highest BCUT2D eigenvalue weighted by atomic mass is 35.5. The number of nitrogens with zero attached hydrogens (tertiary/aromatic N) is 2. The maximum absolute atomic E-state index is 9.57. The van der Waals surface area contributed by atoms with Crippen molar-refractivity contribution in [2.45, 2.75) is 32.9 Å². The minimum absolute atomic E-state index is 0.207. The van der Waals surface area contributed by atoms with Crippen LogP contribution >= 0.6 is 11.6 Å². The summed E-state index contributed by atoms with van der Waals surface area (Å²) in [5, 5.41) is 11.3. The summed E-state index contributed by atoms with van der Waals surface area (Å²) in [5.74, 6) is 0.532. The van der Waals surface area contributed by atoms with E-state index in [4.69, 9.17) is 11.6 Å². The third kappa shape index (κ3) is 2.91. The first-order valence-electron chi connectivity index (χ1n) is 7.49. The van der Waals surface area contributed by atoms with Gasteiger partial charge in [-0.3, -0.25) is 4.90 Å². The number of aryl methyl sites for hydroxylation is 1. The monoisotopic (exact) mass is 304 g/mol. The standard InChI is InChI=1S/C17H21ClN2O/c1-11-3-4-13-8-14(17(18)19-15(13)7-11)9-20-6-5-12(2)16(20)10-21/h3-4,7-8,12,16,21H,5-6,9-10H2,1-2H3. The van der Waals surface area contributed by atoms with Crippen molar-refractivity contribution in [3.8, 4) is 0 Å². The summed E-state index contributed by atoms with van der Waals surface area (Å²) < 4.78 is 0. The van der Waals surface area contributed by atoms with E-state index in [9.17, 15) is 5.11 Å². The Hall–Kier alpha value is -1.16. The smallest absolute Gasteiger partial charge is 0.134 e. The molecule has 0 aliphatic carbocycles. The molecule has 0 bridgehead atoms. The first-order valence-corrected chi connectivity index (χ1v) is 7.87. The zero-order chi connectivity index (χ0) is 15.0. The van der Waals surface area contributed by atoms with Crippen molar-refractivity contribution in [2.24, 2.45) is 5.92 Å². The van der Waals surface area contributed by atoms with E-state index in [0.717, 1.165) is 36.0 Å². The lowest BCUT2D eigenvalue weighted by molar-refractivity contribution is 0.134. The lowest BCUT2D eigenvalue weighted by Crippen LogP contribution is -2.34. The molecule has 3 nitrogen and oxygen atoms in total. The van der Waals surface area contributed by atoms with Gasteiger partial charge in [-0.05, 0) is 43.5 Å². The molecule has 1 aliphatic rings.